The molecule has 1 aromatic heterocycles. The Morgan fingerprint density at radius 2 is 2.00 bits per heavy atom. The van der Waals surface area contributed by atoms with Crippen molar-refractivity contribution in [1.29, 1.82) is 0 Å². The number of nitrogens with zero attached hydrogens (tertiary/aromatic N) is 1. The van der Waals surface area contributed by atoms with Gasteiger partial charge in [-0.15, -0.1) is 0 Å². The van der Waals surface area contributed by atoms with Crippen LogP contribution < -0.4 is 4.74 Å². The van der Waals surface area contributed by atoms with Crippen LogP contribution in [0.25, 0.3) is 0 Å². The molecule has 1 heterocycles. The van der Waals surface area contributed by atoms with Crippen molar-refractivity contribution in [2.45, 2.75) is 39.5 Å². The zero-order chi connectivity index (χ0) is 10.8. The number of hydrogen-bond acceptors (Lipinski definition) is 2. The molecule has 0 saturated heterocycles. The van der Waals surface area contributed by atoms with E-state index >= 15 is 0 Å². The van der Waals surface area contributed by atoms with Gasteiger partial charge in [0.15, 0.2) is 0 Å². The Balaban J connectivity index is 3.18. The fourth-order valence-corrected chi connectivity index (χ4v) is 1.40. The Kier molecular flexibility index (Phi) is 3.14. The van der Waals surface area contributed by atoms with Crippen molar-refractivity contribution in [1.82, 2.24) is 4.98 Å². The first-order valence-corrected chi connectivity index (χ1v) is 5.02. The van der Waals surface area contributed by atoms with Crippen LogP contribution in [-0.2, 0) is 11.8 Å². The summed E-state index contributed by atoms with van der Waals surface area (Å²) in [7, 11) is 1.70. The van der Waals surface area contributed by atoms with E-state index in [1.54, 1.807) is 7.11 Å². The van der Waals surface area contributed by atoms with Gasteiger partial charge in [0.05, 0.1) is 12.8 Å². The second-order valence-corrected chi connectivity index (χ2v) is 4.50. The number of aromatic nitrogens is 1. The summed E-state index contributed by atoms with van der Waals surface area (Å²) in [4.78, 5) is 4.47. The summed E-state index contributed by atoms with van der Waals surface area (Å²) in [6.07, 6.45) is 2.93. The molecular weight excluding hydrogens is 174 g/mol. The van der Waals surface area contributed by atoms with Gasteiger partial charge >= 0.3 is 0 Å². The molecule has 0 amide bonds. The fourth-order valence-electron chi connectivity index (χ4n) is 1.40. The molecule has 0 aromatic carbocycles. The highest BCUT2D eigenvalue weighted by Gasteiger charge is 2.20. The Morgan fingerprint density at radius 3 is 2.43 bits per heavy atom. The van der Waals surface area contributed by atoms with Crippen molar-refractivity contribution in [3.05, 3.63) is 23.5 Å². The van der Waals surface area contributed by atoms with E-state index in [0.717, 1.165) is 17.9 Å². The molecule has 0 atom stereocenters. The highest BCUT2D eigenvalue weighted by atomic mass is 16.5. The van der Waals surface area contributed by atoms with E-state index in [0.29, 0.717) is 0 Å². The Bertz CT molecular complexity index is 313. The average molecular weight is 193 g/mol. The number of hydrogen-bond donors (Lipinski definition) is 0. The summed E-state index contributed by atoms with van der Waals surface area (Å²) >= 11 is 0. The highest BCUT2D eigenvalue weighted by molar-refractivity contribution is 5.35. The molecule has 2 nitrogen and oxygen atoms in total. The lowest BCUT2D eigenvalue weighted by molar-refractivity contribution is 0.391. The first kappa shape index (κ1) is 11.0. The van der Waals surface area contributed by atoms with Crippen LogP contribution in [-0.4, -0.2) is 12.1 Å². The highest BCUT2D eigenvalue weighted by Crippen LogP contribution is 2.29. The molecule has 1 rings (SSSR count). The molecule has 78 valence electrons. The van der Waals surface area contributed by atoms with Crippen molar-refractivity contribution in [3.8, 4) is 5.75 Å². The Hall–Kier alpha value is -1.05. The van der Waals surface area contributed by atoms with Gasteiger partial charge in [0, 0.05) is 11.6 Å². The third-order valence-corrected chi connectivity index (χ3v) is 2.25. The van der Waals surface area contributed by atoms with Gasteiger partial charge in [-0.1, -0.05) is 27.7 Å². The number of rotatable bonds is 2. The number of ether oxygens (including phenoxy) is 1. The van der Waals surface area contributed by atoms with Crippen molar-refractivity contribution in [2.24, 2.45) is 0 Å². The number of pyridine rings is 1. The van der Waals surface area contributed by atoms with E-state index in [1.165, 1.54) is 5.56 Å². The van der Waals surface area contributed by atoms with Gasteiger partial charge in [0.2, 0.25) is 0 Å². The third kappa shape index (κ3) is 2.25. The lowest BCUT2D eigenvalue weighted by Gasteiger charge is -2.20. The standard InChI is InChI=1S/C12H19NO/c1-6-9-7-10(14-5)11(13-8-9)12(2,3)4/h7-8H,6H2,1-5H3. The van der Waals surface area contributed by atoms with E-state index in [-0.39, 0.29) is 5.41 Å². The minimum atomic E-state index is 0.0393. The van der Waals surface area contributed by atoms with Crippen molar-refractivity contribution < 1.29 is 4.74 Å². The lowest BCUT2D eigenvalue weighted by Crippen LogP contribution is -2.15. The second kappa shape index (κ2) is 3.99. The van der Waals surface area contributed by atoms with E-state index in [2.05, 4.69) is 38.7 Å². The minimum Gasteiger partial charge on any atom is -0.495 e. The quantitative estimate of drug-likeness (QED) is 0.720. The molecule has 0 unspecified atom stereocenters. The molecule has 14 heavy (non-hydrogen) atoms. The third-order valence-electron chi connectivity index (χ3n) is 2.25. The summed E-state index contributed by atoms with van der Waals surface area (Å²) in [6.45, 7) is 8.55. The van der Waals surface area contributed by atoms with Crippen LogP contribution in [0.1, 0.15) is 39.0 Å². The molecular formula is C12H19NO. The first-order valence-electron chi connectivity index (χ1n) is 5.02. The van der Waals surface area contributed by atoms with Crippen molar-refractivity contribution in [2.75, 3.05) is 7.11 Å². The predicted octanol–water partition coefficient (Wildman–Crippen LogP) is 2.95. The smallest absolute Gasteiger partial charge is 0.141 e. The van der Waals surface area contributed by atoms with Crippen LogP contribution in [0.2, 0.25) is 0 Å². The Morgan fingerprint density at radius 1 is 1.36 bits per heavy atom. The van der Waals surface area contributed by atoms with Gasteiger partial charge in [0.25, 0.3) is 0 Å². The summed E-state index contributed by atoms with van der Waals surface area (Å²) in [6, 6.07) is 2.08. The normalized spacial score (nSPS) is 11.5. The molecule has 0 aliphatic carbocycles. The predicted molar refractivity (Wildman–Crippen MR) is 58.9 cm³/mol. The van der Waals surface area contributed by atoms with Gasteiger partial charge in [-0.05, 0) is 18.1 Å². The van der Waals surface area contributed by atoms with Crippen LogP contribution >= 0.6 is 0 Å². The van der Waals surface area contributed by atoms with Crippen molar-refractivity contribution in [3.63, 3.8) is 0 Å². The minimum absolute atomic E-state index is 0.0393. The molecule has 0 aliphatic rings. The maximum Gasteiger partial charge on any atom is 0.141 e. The van der Waals surface area contributed by atoms with E-state index < -0.39 is 0 Å². The zero-order valence-corrected chi connectivity index (χ0v) is 9.72. The summed E-state index contributed by atoms with van der Waals surface area (Å²) in [5, 5.41) is 0. The first-order chi connectivity index (χ1) is 6.49. The van der Waals surface area contributed by atoms with Crippen LogP contribution in [0.5, 0.6) is 5.75 Å². The van der Waals surface area contributed by atoms with Crippen LogP contribution in [0.3, 0.4) is 0 Å². The van der Waals surface area contributed by atoms with Gasteiger partial charge < -0.3 is 4.74 Å². The Labute approximate surface area is 86.3 Å². The largest absolute Gasteiger partial charge is 0.495 e. The van der Waals surface area contributed by atoms with E-state index in [9.17, 15) is 0 Å². The summed E-state index contributed by atoms with van der Waals surface area (Å²) in [5.74, 6) is 0.900. The monoisotopic (exact) mass is 193 g/mol. The van der Waals surface area contributed by atoms with Gasteiger partial charge in [0.1, 0.15) is 5.75 Å². The summed E-state index contributed by atoms with van der Waals surface area (Å²) < 4.78 is 5.35. The molecule has 0 aliphatic heterocycles. The molecule has 1 aromatic rings. The van der Waals surface area contributed by atoms with Gasteiger partial charge in [-0.25, -0.2) is 0 Å². The van der Waals surface area contributed by atoms with E-state index in [4.69, 9.17) is 4.74 Å². The van der Waals surface area contributed by atoms with Crippen LogP contribution in [0.4, 0.5) is 0 Å². The molecule has 0 N–H and O–H groups in total. The molecule has 0 saturated carbocycles. The number of methoxy groups -OCH3 is 1. The molecule has 0 radical (unpaired) electrons. The second-order valence-electron chi connectivity index (χ2n) is 4.50. The SMILES string of the molecule is CCc1cnc(C(C)(C)C)c(OC)c1. The average Bonchev–Trinajstić information content (AvgIpc) is 2.15. The lowest BCUT2D eigenvalue weighted by atomic mass is 9.90. The summed E-state index contributed by atoms with van der Waals surface area (Å²) in [5.41, 5.74) is 2.28. The molecule has 0 fully saturated rings. The molecule has 2 heteroatoms. The van der Waals surface area contributed by atoms with Gasteiger partial charge in [-0.3, -0.25) is 4.98 Å². The topological polar surface area (TPSA) is 22.1 Å². The van der Waals surface area contributed by atoms with Gasteiger partial charge in [-0.2, -0.15) is 0 Å². The zero-order valence-electron chi connectivity index (χ0n) is 9.72. The maximum atomic E-state index is 5.35. The maximum absolute atomic E-state index is 5.35. The van der Waals surface area contributed by atoms with Crippen LogP contribution in [0.15, 0.2) is 12.3 Å². The van der Waals surface area contributed by atoms with E-state index in [1.807, 2.05) is 6.20 Å². The van der Waals surface area contributed by atoms with Crippen LogP contribution in [0, 0.1) is 0 Å². The fraction of sp³-hybridized carbons (Fsp3) is 0.583. The molecule has 0 spiro atoms. The molecule has 0 bridgehead atoms. The van der Waals surface area contributed by atoms with Crippen molar-refractivity contribution >= 4 is 0 Å². The number of aryl methyl sites for hydroxylation is 1.